The Morgan fingerprint density at radius 2 is 1.95 bits per heavy atom. The van der Waals surface area contributed by atoms with Crippen LogP contribution in [-0.2, 0) is 4.79 Å². The molecule has 2 rings (SSSR count). The molecule has 2 aromatic rings. The number of benzene rings is 2. The van der Waals surface area contributed by atoms with Gasteiger partial charge in [0.15, 0.2) is 6.61 Å². The van der Waals surface area contributed by atoms with Gasteiger partial charge < -0.3 is 9.84 Å². The van der Waals surface area contributed by atoms with Gasteiger partial charge in [0.25, 0.3) is 5.91 Å². The predicted octanol–water partition coefficient (Wildman–Crippen LogP) is 2.57. The number of ether oxygens (including phenoxy) is 1. The molecule has 0 heterocycles. The number of carbonyl (C=O) groups excluding carboxylic acids is 1. The molecule has 0 fully saturated rings. The van der Waals surface area contributed by atoms with E-state index in [0.717, 1.165) is 0 Å². The number of nitrogens with zero attached hydrogens (tertiary/aromatic N) is 1. The smallest absolute Gasteiger partial charge is 0.277 e. The molecule has 0 aliphatic rings. The van der Waals surface area contributed by atoms with Crippen molar-refractivity contribution in [3.05, 3.63) is 59.1 Å². The van der Waals surface area contributed by atoms with Crippen molar-refractivity contribution < 1.29 is 14.6 Å². The standard InChI is InChI=1S/C15H13ClN2O3/c16-12-6-2-4-8-14(12)21-10-15(20)18-17-9-11-5-1-3-7-13(11)19/h1-9,19H,10H2,(H,18,20). The Morgan fingerprint density at radius 3 is 2.71 bits per heavy atom. The Morgan fingerprint density at radius 1 is 1.24 bits per heavy atom. The summed E-state index contributed by atoms with van der Waals surface area (Å²) in [5.74, 6) is 0.0865. The van der Waals surface area contributed by atoms with Gasteiger partial charge in [-0.2, -0.15) is 5.10 Å². The highest BCUT2D eigenvalue weighted by Gasteiger charge is 2.04. The van der Waals surface area contributed by atoms with Crippen LogP contribution in [0.15, 0.2) is 53.6 Å². The Labute approximate surface area is 126 Å². The number of hydrogen-bond acceptors (Lipinski definition) is 4. The number of amides is 1. The first-order valence-corrected chi connectivity index (χ1v) is 6.52. The molecule has 0 bridgehead atoms. The third-order valence-electron chi connectivity index (χ3n) is 2.53. The highest BCUT2D eigenvalue weighted by atomic mass is 35.5. The molecular weight excluding hydrogens is 292 g/mol. The second kappa shape index (κ2) is 7.31. The predicted molar refractivity (Wildman–Crippen MR) is 80.8 cm³/mol. The van der Waals surface area contributed by atoms with E-state index in [4.69, 9.17) is 16.3 Å². The minimum absolute atomic E-state index is 0.0859. The van der Waals surface area contributed by atoms with Gasteiger partial charge in [0.2, 0.25) is 0 Å². The average molecular weight is 305 g/mol. The monoisotopic (exact) mass is 304 g/mol. The maximum Gasteiger partial charge on any atom is 0.277 e. The van der Waals surface area contributed by atoms with Crippen LogP contribution in [0.2, 0.25) is 5.02 Å². The van der Waals surface area contributed by atoms with E-state index >= 15 is 0 Å². The lowest BCUT2D eigenvalue weighted by atomic mass is 10.2. The summed E-state index contributed by atoms with van der Waals surface area (Å²) >= 11 is 5.90. The Hall–Kier alpha value is -2.53. The van der Waals surface area contributed by atoms with Gasteiger partial charge in [0.05, 0.1) is 11.2 Å². The van der Waals surface area contributed by atoms with Crippen LogP contribution in [0.5, 0.6) is 11.5 Å². The van der Waals surface area contributed by atoms with Gasteiger partial charge in [0.1, 0.15) is 11.5 Å². The SMILES string of the molecule is O=C(COc1ccccc1Cl)NN=Cc1ccccc1O. The molecule has 0 radical (unpaired) electrons. The molecule has 0 aromatic heterocycles. The van der Waals surface area contributed by atoms with Crippen LogP contribution < -0.4 is 10.2 Å². The molecule has 1 amide bonds. The van der Waals surface area contributed by atoms with E-state index in [1.165, 1.54) is 12.3 Å². The normalized spacial score (nSPS) is 10.5. The quantitative estimate of drug-likeness (QED) is 0.659. The number of halogens is 1. The molecule has 0 aliphatic heterocycles. The van der Waals surface area contributed by atoms with Crippen molar-refractivity contribution in [1.82, 2.24) is 5.43 Å². The molecular formula is C15H13ClN2O3. The number of phenolic OH excluding ortho intramolecular Hbond substituents is 1. The number of hydrazone groups is 1. The molecule has 0 spiro atoms. The van der Waals surface area contributed by atoms with E-state index in [1.807, 2.05) is 0 Å². The second-order valence-electron chi connectivity index (χ2n) is 4.07. The third-order valence-corrected chi connectivity index (χ3v) is 2.84. The number of rotatable bonds is 5. The molecule has 0 aliphatic carbocycles. The fourth-order valence-electron chi connectivity index (χ4n) is 1.51. The number of nitrogens with one attached hydrogen (secondary N) is 1. The van der Waals surface area contributed by atoms with Crippen LogP contribution in [0.3, 0.4) is 0 Å². The number of phenols is 1. The van der Waals surface area contributed by atoms with Crippen molar-refractivity contribution in [2.45, 2.75) is 0 Å². The van der Waals surface area contributed by atoms with Gasteiger partial charge in [0, 0.05) is 5.56 Å². The van der Waals surface area contributed by atoms with Crippen LogP contribution in [0.25, 0.3) is 0 Å². The number of hydrogen-bond donors (Lipinski definition) is 2. The van der Waals surface area contributed by atoms with Crippen molar-refractivity contribution in [3.8, 4) is 11.5 Å². The average Bonchev–Trinajstić information content (AvgIpc) is 2.48. The van der Waals surface area contributed by atoms with Gasteiger partial charge >= 0.3 is 0 Å². The minimum Gasteiger partial charge on any atom is -0.507 e. The Balaban J connectivity index is 1.83. The van der Waals surface area contributed by atoms with Crippen LogP contribution in [-0.4, -0.2) is 23.8 Å². The first-order chi connectivity index (χ1) is 10.2. The molecule has 0 saturated heterocycles. The lowest BCUT2D eigenvalue weighted by Crippen LogP contribution is -2.24. The van der Waals surface area contributed by atoms with Gasteiger partial charge in [-0.3, -0.25) is 4.79 Å². The molecule has 5 nitrogen and oxygen atoms in total. The Bertz CT molecular complexity index is 659. The lowest BCUT2D eigenvalue weighted by molar-refractivity contribution is -0.123. The van der Waals surface area contributed by atoms with Crippen molar-refractivity contribution in [2.75, 3.05) is 6.61 Å². The van der Waals surface area contributed by atoms with Crippen LogP contribution >= 0.6 is 11.6 Å². The second-order valence-corrected chi connectivity index (χ2v) is 4.48. The van der Waals surface area contributed by atoms with Crippen LogP contribution in [0.1, 0.15) is 5.56 Å². The van der Waals surface area contributed by atoms with E-state index in [9.17, 15) is 9.90 Å². The van der Waals surface area contributed by atoms with Crippen LogP contribution in [0, 0.1) is 0 Å². The Kier molecular flexibility index (Phi) is 5.17. The van der Waals surface area contributed by atoms with E-state index < -0.39 is 5.91 Å². The molecule has 21 heavy (non-hydrogen) atoms. The number of para-hydroxylation sites is 2. The van der Waals surface area contributed by atoms with Gasteiger partial charge in [-0.05, 0) is 24.3 Å². The summed E-state index contributed by atoms with van der Waals surface area (Å²) in [5, 5.41) is 13.7. The summed E-state index contributed by atoms with van der Waals surface area (Å²) in [4.78, 5) is 11.5. The van der Waals surface area contributed by atoms with Gasteiger partial charge in [-0.25, -0.2) is 5.43 Å². The summed E-state index contributed by atoms with van der Waals surface area (Å²) in [6.45, 7) is -0.207. The zero-order valence-corrected chi connectivity index (χ0v) is 11.7. The lowest BCUT2D eigenvalue weighted by Gasteiger charge is -2.06. The molecule has 0 atom stereocenters. The molecule has 0 saturated carbocycles. The highest BCUT2D eigenvalue weighted by molar-refractivity contribution is 6.32. The van der Waals surface area contributed by atoms with Crippen molar-refractivity contribution in [3.63, 3.8) is 0 Å². The van der Waals surface area contributed by atoms with Crippen LogP contribution in [0.4, 0.5) is 0 Å². The molecule has 2 N–H and O–H groups in total. The van der Waals surface area contributed by atoms with Gasteiger partial charge in [-0.15, -0.1) is 0 Å². The van der Waals surface area contributed by atoms with E-state index in [-0.39, 0.29) is 12.4 Å². The van der Waals surface area contributed by atoms with Crippen molar-refractivity contribution in [1.29, 1.82) is 0 Å². The third kappa shape index (κ3) is 4.50. The fourth-order valence-corrected chi connectivity index (χ4v) is 1.70. The molecule has 0 unspecified atom stereocenters. The number of carbonyl (C=O) groups is 1. The summed E-state index contributed by atoms with van der Waals surface area (Å²) in [6.07, 6.45) is 1.35. The molecule has 6 heteroatoms. The van der Waals surface area contributed by atoms with E-state index in [0.29, 0.717) is 16.3 Å². The van der Waals surface area contributed by atoms with E-state index in [2.05, 4.69) is 10.5 Å². The maximum atomic E-state index is 11.5. The van der Waals surface area contributed by atoms with E-state index in [1.54, 1.807) is 42.5 Å². The van der Waals surface area contributed by atoms with Crippen molar-refractivity contribution in [2.24, 2.45) is 5.10 Å². The highest BCUT2D eigenvalue weighted by Crippen LogP contribution is 2.22. The fraction of sp³-hybridized carbons (Fsp3) is 0.0667. The zero-order valence-electron chi connectivity index (χ0n) is 11.0. The number of aromatic hydroxyl groups is 1. The largest absolute Gasteiger partial charge is 0.507 e. The summed E-state index contributed by atoms with van der Waals surface area (Å²) in [5.41, 5.74) is 2.80. The molecule has 2 aromatic carbocycles. The first kappa shape index (κ1) is 14.9. The van der Waals surface area contributed by atoms with Crippen molar-refractivity contribution >= 4 is 23.7 Å². The summed E-state index contributed by atoms with van der Waals surface area (Å²) < 4.78 is 5.26. The summed E-state index contributed by atoms with van der Waals surface area (Å²) in [6, 6.07) is 13.5. The summed E-state index contributed by atoms with van der Waals surface area (Å²) in [7, 11) is 0. The maximum absolute atomic E-state index is 11.5. The molecule has 108 valence electrons. The van der Waals surface area contributed by atoms with Gasteiger partial charge in [-0.1, -0.05) is 35.9 Å². The zero-order chi connectivity index (χ0) is 15.1. The first-order valence-electron chi connectivity index (χ1n) is 6.14. The minimum atomic E-state index is -0.429. The topological polar surface area (TPSA) is 70.9 Å².